The highest BCUT2D eigenvalue weighted by Crippen LogP contribution is 2.28. The predicted octanol–water partition coefficient (Wildman–Crippen LogP) is 3.57. The Bertz CT molecular complexity index is 761. The molecule has 8 heteroatoms. The maximum absolute atomic E-state index is 12.1. The number of hydrogen-bond donors (Lipinski definition) is 2. The number of nitrogens with zero attached hydrogens (tertiary/aromatic N) is 1. The van der Waals surface area contributed by atoms with Crippen LogP contribution in [0.2, 0.25) is 0 Å². The van der Waals surface area contributed by atoms with Crippen molar-refractivity contribution in [2.75, 3.05) is 13.7 Å². The average Bonchev–Trinajstić information content (AvgIpc) is 3.18. The van der Waals surface area contributed by atoms with Gasteiger partial charge in [-0.15, -0.1) is 11.3 Å². The number of esters is 1. The fourth-order valence-electron chi connectivity index (χ4n) is 1.98. The molecule has 0 bridgehead atoms. The van der Waals surface area contributed by atoms with Gasteiger partial charge in [0.25, 0.3) is 0 Å². The number of nitrogens with one attached hydrogen (secondary N) is 2. The summed E-state index contributed by atoms with van der Waals surface area (Å²) >= 11 is 6.45. The lowest BCUT2D eigenvalue weighted by molar-refractivity contribution is 0.0735. The van der Waals surface area contributed by atoms with E-state index in [0.29, 0.717) is 21.5 Å². The molecule has 0 unspecified atom stereocenters. The fraction of sp³-hybridized carbons (Fsp3) is 0.278. The molecule has 2 rings (SSSR count). The summed E-state index contributed by atoms with van der Waals surface area (Å²) in [4.78, 5) is 12.6. The highest BCUT2D eigenvalue weighted by molar-refractivity contribution is 7.80. The summed E-state index contributed by atoms with van der Waals surface area (Å²) in [5.74, 6) is 0.389. The van der Waals surface area contributed by atoms with Gasteiger partial charge in [0.05, 0.1) is 13.3 Å². The van der Waals surface area contributed by atoms with Crippen molar-refractivity contribution in [3.8, 4) is 11.5 Å². The summed E-state index contributed by atoms with van der Waals surface area (Å²) in [5, 5.41) is 9.44. The molecule has 0 fully saturated rings. The number of methoxy groups -OCH3 is 1. The smallest absolute Gasteiger partial charge is 0.353 e. The van der Waals surface area contributed by atoms with Gasteiger partial charge in [-0.1, -0.05) is 19.4 Å². The zero-order valence-electron chi connectivity index (χ0n) is 14.7. The van der Waals surface area contributed by atoms with Gasteiger partial charge in [-0.05, 0) is 53.8 Å². The minimum atomic E-state index is -0.412. The first-order valence-corrected chi connectivity index (χ1v) is 9.43. The number of carbonyl (C=O) groups excluding carboxylic acids is 1. The van der Waals surface area contributed by atoms with E-state index < -0.39 is 5.97 Å². The van der Waals surface area contributed by atoms with E-state index in [1.54, 1.807) is 36.5 Å². The van der Waals surface area contributed by atoms with E-state index in [9.17, 15) is 4.79 Å². The lowest BCUT2D eigenvalue weighted by atomic mass is 10.2. The molecule has 0 saturated heterocycles. The molecule has 0 aliphatic heterocycles. The van der Waals surface area contributed by atoms with Crippen LogP contribution in [0.3, 0.4) is 0 Å². The highest BCUT2D eigenvalue weighted by Gasteiger charge is 2.13. The molecule has 0 atom stereocenters. The van der Waals surface area contributed by atoms with Crippen molar-refractivity contribution < 1.29 is 14.3 Å². The molecule has 2 N–H and O–H groups in total. The number of thiophene rings is 1. The third-order valence-corrected chi connectivity index (χ3v) is 4.39. The Morgan fingerprint density at radius 1 is 1.35 bits per heavy atom. The highest BCUT2D eigenvalue weighted by atomic mass is 32.1. The Labute approximate surface area is 162 Å². The second-order valence-electron chi connectivity index (χ2n) is 5.26. The SMILES string of the molecule is CCCCNC(=S)N/N=C\c1ccc(OC(=O)c2cccs2)c(OC)c1. The third-order valence-electron chi connectivity index (χ3n) is 3.31. The van der Waals surface area contributed by atoms with Crippen molar-refractivity contribution in [3.63, 3.8) is 0 Å². The Morgan fingerprint density at radius 3 is 2.88 bits per heavy atom. The average molecular weight is 392 g/mol. The van der Waals surface area contributed by atoms with E-state index in [4.69, 9.17) is 21.7 Å². The van der Waals surface area contributed by atoms with Crippen LogP contribution in [0.1, 0.15) is 35.0 Å². The predicted molar refractivity (Wildman–Crippen MR) is 109 cm³/mol. The van der Waals surface area contributed by atoms with Gasteiger partial charge in [0, 0.05) is 6.54 Å². The maximum atomic E-state index is 12.1. The molecule has 0 aliphatic rings. The number of rotatable bonds is 8. The standard InChI is InChI=1S/C18H21N3O3S2/c1-3-4-9-19-18(25)21-20-12-13-7-8-14(15(11-13)23-2)24-17(22)16-6-5-10-26-16/h5-8,10-12H,3-4,9H2,1-2H3,(H2,19,21,25)/b20-12-. The quantitative estimate of drug-likeness (QED) is 0.179. The largest absolute Gasteiger partial charge is 0.493 e. The minimum Gasteiger partial charge on any atom is -0.493 e. The summed E-state index contributed by atoms with van der Waals surface area (Å²) in [6, 6.07) is 8.69. The zero-order valence-corrected chi connectivity index (χ0v) is 16.3. The lowest BCUT2D eigenvalue weighted by Gasteiger charge is -2.09. The van der Waals surface area contributed by atoms with Crippen LogP contribution in [0.5, 0.6) is 11.5 Å². The Morgan fingerprint density at radius 2 is 2.19 bits per heavy atom. The van der Waals surface area contributed by atoms with Gasteiger partial charge in [-0.2, -0.15) is 5.10 Å². The number of carbonyl (C=O) groups is 1. The molecule has 6 nitrogen and oxygen atoms in total. The van der Waals surface area contributed by atoms with E-state index in [1.165, 1.54) is 18.4 Å². The summed E-state index contributed by atoms with van der Waals surface area (Å²) in [5.41, 5.74) is 3.54. The van der Waals surface area contributed by atoms with Crippen LogP contribution in [0.25, 0.3) is 0 Å². The van der Waals surface area contributed by atoms with Gasteiger partial charge in [0.1, 0.15) is 4.88 Å². The molecule has 26 heavy (non-hydrogen) atoms. The molecule has 2 aromatic rings. The van der Waals surface area contributed by atoms with E-state index >= 15 is 0 Å². The molecular weight excluding hydrogens is 370 g/mol. The molecule has 138 valence electrons. The summed E-state index contributed by atoms with van der Waals surface area (Å²) in [6.07, 6.45) is 3.76. The van der Waals surface area contributed by atoms with Gasteiger partial charge >= 0.3 is 5.97 Å². The van der Waals surface area contributed by atoms with Crippen LogP contribution >= 0.6 is 23.6 Å². The van der Waals surface area contributed by atoms with Crippen LogP contribution in [-0.4, -0.2) is 31.0 Å². The topological polar surface area (TPSA) is 72.0 Å². The number of ether oxygens (including phenoxy) is 2. The van der Waals surface area contributed by atoms with Crippen LogP contribution < -0.4 is 20.2 Å². The lowest BCUT2D eigenvalue weighted by Crippen LogP contribution is -2.32. The second kappa shape index (κ2) is 10.5. The van der Waals surface area contributed by atoms with Gasteiger partial charge in [-0.25, -0.2) is 4.79 Å². The Hall–Kier alpha value is -2.45. The minimum absolute atomic E-state index is 0.354. The Balaban J connectivity index is 1.96. The fourth-order valence-corrected chi connectivity index (χ4v) is 2.73. The molecule has 0 spiro atoms. The summed E-state index contributed by atoms with van der Waals surface area (Å²) in [7, 11) is 1.52. The molecule has 0 radical (unpaired) electrons. The number of hydrogen-bond acceptors (Lipinski definition) is 6. The first-order valence-electron chi connectivity index (χ1n) is 8.14. The monoisotopic (exact) mass is 391 g/mol. The van der Waals surface area contributed by atoms with Crippen molar-refractivity contribution >= 4 is 40.9 Å². The van der Waals surface area contributed by atoms with Crippen LogP contribution in [-0.2, 0) is 0 Å². The molecule has 1 heterocycles. The van der Waals surface area contributed by atoms with Crippen molar-refractivity contribution in [2.45, 2.75) is 19.8 Å². The van der Waals surface area contributed by atoms with Crippen molar-refractivity contribution in [1.82, 2.24) is 10.7 Å². The van der Waals surface area contributed by atoms with Gasteiger partial charge in [-0.3, -0.25) is 5.43 Å². The number of hydrazone groups is 1. The normalized spacial score (nSPS) is 10.5. The van der Waals surface area contributed by atoms with Crippen LogP contribution in [0, 0.1) is 0 Å². The maximum Gasteiger partial charge on any atom is 0.353 e. The Kier molecular flexibility index (Phi) is 8.04. The van der Waals surface area contributed by atoms with Crippen LogP contribution in [0.4, 0.5) is 0 Å². The molecule has 0 aliphatic carbocycles. The zero-order chi connectivity index (χ0) is 18.8. The molecule has 1 aromatic carbocycles. The van der Waals surface area contributed by atoms with Crippen molar-refractivity contribution in [2.24, 2.45) is 5.10 Å². The molecular formula is C18H21N3O3S2. The van der Waals surface area contributed by atoms with Gasteiger partial charge in [0.2, 0.25) is 0 Å². The molecule has 0 amide bonds. The molecule has 0 saturated carbocycles. The van der Waals surface area contributed by atoms with Crippen molar-refractivity contribution in [1.29, 1.82) is 0 Å². The van der Waals surface area contributed by atoms with E-state index in [-0.39, 0.29) is 0 Å². The first kappa shape index (κ1) is 19.9. The third kappa shape index (κ3) is 6.12. The number of thiocarbonyl (C=S) groups is 1. The summed E-state index contributed by atoms with van der Waals surface area (Å²) < 4.78 is 10.7. The second-order valence-corrected chi connectivity index (χ2v) is 6.61. The van der Waals surface area contributed by atoms with E-state index in [1.807, 2.05) is 5.38 Å². The molecule has 1 aromatic heterocycles. The number of benzene rings is 1. The van der Waals surface area contributed by atoms with Gasteiger partial charge < -0.3 is 14.8 Å². The van der Waals surface area contributed by atoms with E-state index in [0.717, 1.165) is 24.9 Å². The summed E-state index contributed by atoms with van der Waals surface area (Å²) in [6.45, 7) is 2.93. The first-order chi connectivity index (χ1) is 12.6. The van der Waals surface area contributed by atoms with Crippen molar-refractivity contribution in [3.05, 3.63) is 46.2 Å². The van der Waals surface area contributed by atoms with Crippen LogP contribution in [0.15, 0.2) is 40.8 Å². The van der Waals surface area contributed by atoms with E-state index in [2.05, 4.69) is 22.8 Å². The number of unbranched alkanes of at least 4 members (excludes halogenated alkanes) is 1. The van der Waals surface area contributed by atoms with Gasteiger partial charge in [0.15, 0.2) is 16.6 Å².